The zero-order chi connectivity index (χ0) is 98.1. The van der Waals surface area contributed by atoms with E-state index in [4.69, 9.17) is 56.8 Å². The zero-order valence-electron chi connectivity index (χ0n) is 78.2. The molecule has 0 spiro atoms. The number of rotatable bonds is 67. The van der Waals surface area contributed by atoms with Crippen LogP contribution in [0.2, 0.25) is 0 Å². The molecule has 42 nitrogen and oxygen atoms in total. The van der Waals surface area contributed by atoms with Crippen molar-refractivity contribution in [2.45, 2.75) is 486 Å². The van der Waals surface area contributed by atoms with E-state index in [9.17, 15) is 136 Å². The van der Waals surface area contributed by atoms with Gasteiger partial charge in [0.25, 0.3) is 11.6 Å². The Morgan fingerprint density at radius 3 is 1.12 bits per heavy atom. The summed E-state index contributed by atoms with van der Waals surface area (Å²) in [6.45, 7) is -0.501. The standard InChI is InChI=1S/C91H163N3O39/c1-6-8-10-12-14-16-18-20-21-22-23-24-25-26-27-29-31-33-35-37-39-41-66(109)94-56(57(104)40-38-36-34-32-30-28-19-17-15-13-11-9-7-2)51-122-85-74(115)73(114)78(64(49-99)125-85)128-87-76(117)83(133-91(89(120)121)44-59(106)68(93-54(5)103)81(131-91)70(111)61(108)46-96)79(65(50-100)126-87)129-84-55(42-52(3)101)77(71(112)62(47-97)123-84)127-86-75(116)82(72(113)63(48-98)124-86)132-90(88(118)119)43-58(105)67(92-53(4)102)80(130-90)69(110)60(107)45-95/h55-65,67-87,95-100,104-108,110-117H,6-51H2,1-5H3,(H,92,102)(H,93,103)(H,94,109)(H,118,119)(H,120,121). The number of nitrogens with one attached hydrogen (secondary N) is 3. The van der Waals surface area contributed by atoms with Gasteiger partial charge >= 0.3 is 11.9 Å². The number of unbranched alkanes of at least 4 members (excludes halogenated alkanes) is 32. The van der Waals surface area contributed by atoms with Crippen molar-refractivity contribution in [3.05, 3.63) is 0 Å². The van der Waals surface area contributed by atoms with Crippen LogP contribution in [0.4, 0.5) is 0 Å². The predicted molar refractivity (Wildman–Crippen MR) is 469 cm³/mol. The lowest BCUT2D eigenvalue weighted by Crippen LogP contribution is -2.71. The highest BCUT2D eigenvalue weighted by atomic mass is 16.8. The van der Waals surface area contributed by atoms with E-state index in [2.05, 4.69) is 29.8 Å². The molecule has 0 aromatic carbocycles. The van der Waals surface area contributed by atoms with Gasteiger partial charge in [-0.2, -0.15) is 0 Å². The second-order valence-electron chi connectivity index (χ2n) is 37.1. The fourth-order valence-corrected chi connectivity index (χ4v) is 18.5. The average Bonchev–Trinajstić information content (AvgIpc) is 0.752. The van der Waals surface area contributed by atoms with E-state index >= 15 is 0 Å². The minimum atomic E-state index is -3.48. The molecule has 6 fully saturated rings. The molecule has 34 atom stereocenters. The molecule has 6 aliphatic rings. The number of ketones is 1. The monoisotopic (exact) mass is 1920 g/mol. The Balaban J connectivity index is 1.25. The van der Waals surface area contributed by atoms with Gasteiger partial charge in [0, 0.05) is 45.4 Å². The molecule has 0 aliphatic carbocycles. The molecule has 6 saturated heterocycles. The summed E-state index contributed by atoms with van der Waals surface area (Å²) in [4.78, 5) is 79.9. The van der Waals surface area contributed by atoms with Crippen LogP contribution in [0.3, 0.4) is 0 Å². The number of aliphatic carboxylic acids is 2. The number of carboxylic acid groups (broad SMARTS) is 2. The molecular weight excluding hydrogens is 1760 g/mol. The molecule has 0 bridgehead atoms. The molecule has 6 aliphatic heterocycles. The summed E-state index contributed by atoms with van der Waals surface area (Å²) in [5.74, 6) is -16.0. The van der Waals surface area contributed by atoms with Crippen LogP contribution in [0.15, 0.2) is 0 Å². The largest absolute Gasteiger partial charge is 0.477 e. The Kier molecular flexibility index (Phi) is 54.3. The first kappa shape index (κ1) is 117. The molecule has 3 amide bonds. The van der Waals surface area contributed by atoms with Gasteiger partial charge in [-0.3, -0.25) is 14.4 Å². The van der Waals surface area contributed by atoms with Crippen LogP contribution in [0.1, 0.15) is 285 Å². The van der Waals surface area contributed by atoms with Crippen LogP contribution in [0.5, 0.6) is 0 Å². The first-order valence-corrected chi connectivity index (χ1v) is 48.8. The summed E-state index contributed by atoms with van der Waals surface area (Å²) in [6.07, 6.45) is -25.7. The Morgan fingerprint density at radius 1 is 0.383 bits per heavy atom. The summed E-state index contributed by atoms with van der Waals surface area (Å²) in [5.41, 5.74) is 0. The molecule has 34 unspecified atom stereocenters. The Labute approximate surface area is 779 Å². The minimum absolute atomic E-state index is 0.123. The molecule has 776 valence electrons. The quantitative estimate of drug-likeness (QED) is 0.0350. The Bertz CT molecular complexity index is 3260. The van der Waals surface area contributed by atoms with Crippen LogP contribution < -0.4 is 16.0 Å². The normalized spacial score (nSPS) is 34.0. The third-order valence-corrected chi connectivity index (χ3v) is 26.2. The van der Waals surface area contributed by atoms with Crippen molar-refractivity contribution in [3.8, 4) is 0 Å². The highest BCUT2D eigenvalue weighted by Crippen LogP contribution is 2.45. The zero-order valence-corrected chi connectivity index (χ0v) is 78.2. The Morgan fingerprint density at radius 2 is 0.729 bits per heavy atom. The van der Waals surface area contributed by atoms with Crippen LogP contribution in [-0.2, 0) is 85.6 Å². The van der Waals surface area contributed by atoms with E-state index in [1.807, 2.05) is 0 Å². The number of ether oxygens (including phenoxy) is 12. The number of hydrogen-bond acceptors (Lipinski definition) is 37. The number of carbonyl (C=O) groups is 6. The highest BCUT2D eigenvalue weighted by Gasteiger charge is 2.64. The highest BCUT2D eigenvalue weighted by molar-refractivity contribution is 5.78. The van der Waals surface area contributed by atoms with Gasteiger partial charge in [0.15, 0.2) is 25.2 Å². The lowest BCUT2D eigenvalue weighted by atomic mass is 9.86. The SMILES string of the molecule is CCCCCCCCCCCCCCCCCCCCCCCC(=O)NC(COC1OC(CO)C(OC2OC(CO)C(OC3OC(CO)C(O)C(OC4OC(CO)C(O)C(OC5(C(=O)O)CC(O)C(NC(C)=O)C(C(O)C(O)CO)O5)C4O)C3CC(C)=O)C(OC3(C(=O)O)CC(O)C(NC(C)=O)C(C(O)C(O)CO)O3)C2O)C(O)C1O)C(O)CCCCCCCCCCCCCCC. The van der Waals surface area contributed by atoms with Gasteiger partial charge in [0.2, 0.25) is 17.7 Å². The number of Topliss-reactive ketones (excluding diaryl/α,β-unsaturated/α-hetero) is 1. The number of carboxylic acids is 2. The van der Waals surface area contributed by atoms with Crippen molar-refractivity contribution >= 4 is 35.4 Å². The van der Waals surface area contributed by atoms with Gasteiger partial charge < -0.3 is 185 Å². The summed E-state index contributed by atoms with van der Waals surface area (Å²) < 4.78 is 72.9. The second-order valence-corrected chi connectivity index (χ2v) is 37.1. The predicted octanol–water partition coefficient (Wildman–Crippen LogP) is -0.213. The van der Waals surface area contributed by atoms with E-state index in [1.165, 1.54) is 141 Å². The molecule has 133 heavy (non-hydrogen) atoms. The van der Waals surface area contributed by atoms with Crippen molar-refractivity contribution < 1.29 is 193 Å². The second kappa shape index (κ2) is 61.5. The number of hydrogen-bond donors (Lipinski definition) is 24. The molecule has 42 heteroatoms. The average molecular weight is 1920 g/mol. The van der Waals surface area contributed by atoms with E-state index in [1.54, 1.807) is 0 Å². The molecule has 0 aromatic rings. The minimum Gasteiger partial charge on any atom is -0.477 e. The van der Waals surface area contributed by atoms with Gasteiger partial charge in [-0.1, -0.05) is 226 Å². The summed E-state index contributed by atoms with van der Waals surface area (Å²) in [7, 11) is 0. The van der Waals surface area contributed by atoms with Crippen molar-refractivity contribution in [2.75, 3.05) is 46.2 Å². The van der Waals surface area contributed by atoms with E-state index in [0.29, 0.717) is 12.8 Å². The van der Waals surface area contributed by atoms with E-state index in [-0.39, 0.29) is 18.7 Å². The fourth-order valence-electron chi connectivity index (χ4n) is 18.5. The van der Waals surface area contributed by atoms with Crippen LogP contribution in [0.25, 0.3) is 0 Å². The number of aliphatic hydroxyl groups is 19. The van der Waals surface area contributed by atoms with E-state index in [0.717, 1.165) is 85.0 Å². The maximum atomic E-state index is 14.1. The summed E-state index contributed by atoms with van der Waals surface area (Å²) in [6, 6.07) is -4.68. The third-order valence-electron chi connectivity index (χ3n) is 26.2. The molecular formula is C91H163N3O39. The maximum Gasteiger partial charge on any atom is 0.364 e. The van der Waals surface area contributed by atoms with Gasteiger partial charge in [0.1, 0.15) is 128 Å². The lowest BCUT2D eigenvalue weighted by molar-refractivity contribution is -0.408. The van der Waals surface area contributed by atoms with Crippen molar-refractivity contribution in [3.63, 3.8) is 0 Å². The van der Waals surface area contributed by atoms with Gasteiger partial charge in [-0.25, -0.2) is 9.59 Å². The summed E-state index contributed by atoms with van der Waals surface area (Å²) in [5, 5.41) is 246. The van der Waals surface area contributed by atoms with E-state index < -0.39 is 302 Å². The smallest absolute Gasteiger partial charge is 0.364 e. The first-order chi connectivity index (χ1) is 63.6. The number of carbonyl (C=O) groups excluding carboxylic acids is 4. The van der Waals surface area contributed by atoms with Gasteiger partial charge in [0.05, 0.1) is 88.8 Å². The first-order valence-electron chi connectivity index (χ1n) is 48.8. The van der Waals surface area contributed by atoms with Gasteiger partial charge in [-0.05, 0) is 19.8 Å². The van der Waals surface area contributed by atoms with Crippen LogP contribution in [-0.4, -0.2) is 390 Å². The molecule has 0 aromatic heterocycles. The topological polar surface area (TPSA) is 674 Å². The third kappa shape index (κ3) is 36.1. The van der Waals surface area contributed by atoms with Crippen molar-refractivity contribution in [1.29, 1.82) is 0 Å². The molecule has 0 radical (unpaired) electrons. The van der Waals surface area contributed by atoms with Crippen LogP contribution in [0, 0.1) is 5.92 Å². The van der Waals surface area contributed by atoms with Gasteiger partial charge in [-0.15, -0.1) is 0 Å². The molecule has 6 rings (SSSR count). The van der Waals surface area contributed by atoms with Crippen molar-refractivity contribution in [2.24, 2.45) is 5.92 Å². The number of amides is 3. The van der Waals surface area contributed by atoms with Crippen LogP contribution >= 0.6 is 0 Å². The molecule has 6 heterocycles. The van der Waals surface area contributed by atoms with Crippen molar-refractivity contribution in [1.82, 2.24) is 16.0 Å². The maximum absolute atomic E-state index is 14.1. The number of aliphatic hydroxyl groups excluding tert-OH is 19. The lowest BCUT2D eigenvalue weighted by Gasteiger charge is -2.53. The Hall–Kier alpha value is -4.22. The summed E-state index contributed by atoms with van der Waals surface area (Å²) >= 11 is 0. The molecule has 24 N–H and O–H groups in total. The molecule has 0 saturated carbocycles. The fraction of sp³-hybridized carbons (Fsp3) is 0.934.